The van der Waals surface area contributed by atoms with Crippen molar-refractivity contribution >= 4 is 22.5 Å². The van der Waals surface area contributed by atoms with Gasteiger partial charge in [0.25, 0.3) is 0 Å². The normalized spacial score (nSPS) is 23.9. The Morgan fingerprint density at radius 2 is 2.21 bits per heavy atom. The number of aromatic nitrogens is 1. The van der Waals surface area contributed by atoms with Gasteiger partial charge in [0.1, 0.15) is 11.9 Å². The summed E-state index contributed by atoms with van der Waals surface area (Å²) < 4.78 is 6.14. The molecule has 1 fully saturated rings. The highest BCUT2D eigenvalue weighted by atomic mass is 35.5. The molecular weight excluding hydrogens is 260 g/mol. The van der Waals surface area contributed by atoms with E-state index in [0.717, 1.165) is 29.6 Å². The smallest absolute Gasteiger partial charge is 0.130 e. The van der Waals surface area contributed by atoms with E-state index in [-0.39, 0.29) is 6.10 Å². The van der Waals surface area contributed by atoms with Crippen molar-refractivity contribution in [1.82, 2.24) is 9.88 Å². The van der Waals surface area contributed by atoms with Crippen LogP contribution in [0.2, 0.25) is 5.02 Å². The topological polar surface area (TPSA) is 25.4 Å². The van der Waals surface area contributed by atoms with Crippen molar-refractivity contribution in [3.05, 3.63) is 35.5 Å². The van der Waals surface area contributed by atoms with Crippen LogP contribution >= 0.6 is 11.6 Å². The van der Waals surface area contributed by atoms with E-state index >= 15 is 0 Å². The zero-order valence-corrected chi connectivity index (χ0v) is 11.9. The van der Waals surface area contributed by atoms with E-state index < -0.39 is 0 Å². The lowest BCUT2D eigenvalue weighted by atomic mass is 10.2. The maximum absolute atomic E-state index is 6.14. The molecule has 2 atom stereocenters. The molecule has 1 aliphatic heterocycles. The number of halogens is 1. The summed E-state index contributed by atoms with van der Waals surface area (Å²) in [5.74, 6) is 0.897. The van der Waals surface area contributed by atoms with E-state index in [0.29, 0.717) is 11.1 Å². The largest absolute Gasteiger partial charge is 0.488 e. The first-order valence-corrected chi connectivity index (χ1v) is 6.92. The Morgan fingerprint density at radius 3 is 2.95 bits per heavy atom. The van der Waals surface area contributed by atoms with Gasteiger partial charge >= 0.3 is 0 Å². The molecule has 0 aliphatic carbocycles. The van der Waals surface area contributed by atoms with E-state index in [4.69, 9.17) is 16.3 Å². The van der Waals surface area contributed by atoms with Crippen LogP contribution in [0.3, 0.4) is 0 Å². The monoisotopic (exact) mass is 276 g/mol. The Kier molecular flexibility index (Phi) is 3.33. The van der Waals surface area contributed by atoms with Crippen LogP contribution < -0.4 is 4.74 Å². The Labute approximate surface area is 118 Å². The van der Waals surface area contributed by atoms with Gasteiger partial charge in [0.05, 0.1) is 5.52 Å². The lowest BCUT2D eigenvalue weighted by Crippen LogP contribution is -2.23. The molecule has 0 spiro atoms. The van der Waals surface area contributed by atoms with Crippen molar-refractivity contribution in [2.45, 2.75) is 25.5 Å². The number of hydrogen-bond donors (Lipinski definition) is 0. The summed E-state index contributed by atoms with van der Waals surface area (Å²) in [6.07, 6.45) is 3.09. The highest BCUT2D eigenvalue weighted by Crippen LogP contribution is 2.29. The molecule has 3 nitrogen and oxygen atoms in total. The third-order valence-corrected chi connectivity index (χ3v) is 4.04. The fraction of sp³-hybridized carbons (Fsp3) is 0.400. The molecular formula is C15H17ClN2O. The van der Waals surface area contributed by atoms with E-state index in [1.54, 1.807) is 6.20 Å². The molecule has 2 heterocycles. The van der Waals surface area contributed by atoms with E-state index in [1.807, 2.05) is 24.3 Å². The molecule has 1 aromatic carbocycles. The zero-order chi connectivity index (χ0) is 13.4. The predicted molar refractivity (Wildman–Crippen MR) is 77.9 cm³/mol. The summed E-state index contributed by atoms with van der Waals surface area (Å²) in [6.45, 7) is 3.20. The highest BCUT2D eigenvalue weighted by Gasteiger charge is 2.27. The SMILES string of the molecule is CC1CC(Oc2ccnc3cc(Cl)ccc23)CN1C. The van der Waals surface area contributed by atoms with Gasteiger partial charge in [-0.1, -0.05) is 11.6 Å². The standard InChI is InChI=1S/C15H17ClN2O/c1-10-7-12(9-18(10)2)19-15-5-6-17-14-8-11(16)3-4-13(14)15/h3-6,8,10,12H,7,9H2,1-2H3. The van der Waals surface area contributed by atoms with Crippen LogP contribution in [-0.2, 0) is 0 Å². The first-order chi connectivity index (χ1) is 9.13. The highest BCUT2D eigenvalue weighted by molar-refractivity contribution is 6.31. The fourth-order valence-electron chi connectivity index (χ4n) is 2.60. The van der Waals surface area contributed by atoms with Crippen LogP contribution in [0, 0.1) is 0 Å². The lowest BCUT2D eigenvalue weighted by molar-refractivity contribution is 0.210. The quantitative estimate of drug-likeness (QED) is 0.841. The van der Waals surface area contributed by atoms with Crippen molar-refractivity contribution in [3.8, 4) is 5.75 Å². The van der Waals surface area contributed by atoms with Crippen LogP contribution in [0.5, 0.6) is 5.75 Å². The van der Waals surface area contributed by atoms with Crippen molar-refractivity contribution in [2.24, 2.45) is 0 Å². The average Bonchev–Trinajstić information content (AvgIpc) is 2.68. The lowest BCUT2D eigenvalue weighted by Gasteiger charge is -2.15. The molecule has 0 bridgehead atoms. The number of fused-ring (bicyclic) bond motifs is 1. The average molecular weight is 277 g/mol. The maximum atomic E-state index is 6.14. The van der Waals surface area contributed by atoms with Gasteiger partial charge in [-0.15, -0.1) is 0 Å². The molecule has 100 valence electrons. The van der Waals surface area contributed by atoms with Gasteiger partial charge in [0.2, 0.25) is 0 Å². The number of hydrogen-bond acceptors (Lipinski definition) is 3. The van der Waals surface area contributed by atoms with Crippen LogP contribution in [0.15, 0.2) is 30.5 Å². The maximum Gasteiger partial charge on any atom is 0.130 e. The molecule has 0 saturated carbocycles. The second kappa shape index (κ2) is 4.99. The minimum Gasteiger partial charge on any atom is -0.488 e. The molecule has 1 saturated heterocycles. The molecule has 1 aromatic heterocycles. The Morgan fingerprint density at radius 1 is 1.37 bits per heavy atom. The number of likely N-dealkylation sites (N-methyl/N-ethyl adjacent to an activating group) is 1. The molecule has 19 heavy (non-hydrogen) atoms. The number of benzene rings is 1. The zero-order valence-electron chi connectivity index (χ0n) is 11.1. The third kappa shape index (κ3) is 2.53. The van der Waals surface area contributed by atoms with Crippen LogP contribution in [0.25, 0.3) is 10.9 Å². The number of ether oxygens (including phenoxy) is 1. The minimum atomic E-state index is 0.251. The minimum absolute atomic E-state index is 0.251. The molecule has 2 unspecified atom stereocenters. The van der Waals surface area contributed by atoms with Gasteiger partial charge in [-0.05, 0) is 38.2 Å². The summed E-state index contributed by atoms with van der Waals surface area (Å²) >= 11 is 5.99. The van der Waals surface area contributed by atoms with E-state index in [9.17, 15) is 0 Å². The van der Waals surface area contributed by atoms with Gasteiger partial charge in [-0.2, -0.15) is 0 Å². The first-order valence-electron chi connectivity index (χ1n) is 6.54. The van der Waals surface area contributed by atoms with Crippen molar-refractivity contribution < 1.29 is 4.74 Å². The summed E-state index contributed by atoms with van der Waals surface area (Å²) in [6, 6.07) is 8.23. The Bertz CT molecular complexity index is 592. The van der Waals surface area contributed by atoms with E-state index in [1.165, 1.54) is 0 Å². The second-order valence-electron chi connectivity index (χ2n) is 5.23. The molecule has 1 aliphatic rings. The number of rotatable bonds is 2. The fourth-order valence-corrected chi connectivity index (χ4v) is 2.77. The summed E-state index contributed by atoms with van der Waals surface area (Å²) in [5, 5.41) is 1.72. The number of likely N-dealkylation sites (tertiary alicyclic amines) is 1. The van der Waals surface area contributed by atoms with Crippen LogP contribution in [-0.4, -0.2) is 35.6 Å². The van der Waals surface area contributed by atoms with Gasteiger partial charge in [0, 0.05) is 35.6 Å². The summed E-state index contributed by atoms with van der Waals surface area (Å²) in [5.41, 5.74) is 0.879. The molecule has 0 amide bonds. The van der Waals surface area contributed by atoms with Crippen LogP contribution in [0.4, 0.5) is 0 Å². The number of pyridine rings is 1. The molecule has 4 heteroatoms. The second-order valence-corrected chi connectivity index (χ2v) is 5.67. The van der Waals surface area contributed by atoms with Gasteiger partial charge in [-0.3, -0.25) is 9.88 Å². The van der Waals surface area contributed by atoms with Crippen molar-refractivity contribution in [2.75, 3.05) is 13.6 Å². The third-order valence-electron chi connectivity index (χ3n) is 3.81. The number of nitrogens with zero attached hydrogens (tertiary/aromatic N) is 2. The molecule has 0 radical (unpaired) electrons. The van der Waals surface area contributed by atoms with Gasteiger partial charge < -0.3 is 4.74 Å². The molecule has 2 aromatic rings. The van der Waals surface area contributed by atoms with Crippen molar-refractivity contribution in [3.63, 3.8) is 0 Å². The summed E-state index contributed by atoms with van der Waals surface area (Å²) in [7, 11) is 2.14. The summed E-state index contributed by atoms with van der Waals surface area (Å²) in [4.78, 5) is 6.66. The molecule has 0 N–H and O–H groups in total. The Balaban J connectivity index is 1.89. The molecule has 3 rings (SSSR count). The van der Waals surface area contributed by atoms with E-state index in [2.05, 4.69) is 23.9 Å². The first kappa shape index (κ1) is 12.7. The predicted octanol–water partition coefficient (Wildman–Crippen LogP) is 3.36. The van der Waals surface area contributed by atoms with Gasteiger partial charge in [0.15, 0.2) is 0 Å². The van der Waals surface area contributed by atoms with Gasteiger partial charge in [-0.25, -0.2) is 0 Å². The van der Waals surface area contributed by atoms with Crippen molar-refractivity contribution in [1.29, 1.82) is 0 Å². The Hall–Kier alpha value is -1.32. The van der Waals surface area contributed by atoms with Crippen LogP contribution in [0.1, 0.15) is 13.3 Å².